The largest absolute Gasteiger partial charge is 0.368 e. The molecule has 0 saturated heterocycles. The molecule has 0 aliphatic heterocycles. The summed E-state index contributed by atoms with van der Waals surface area (Å²) in [5, 5.41) is 12.3. The third kappa shape index (κ3) is 3.18. The van der Waals surface area contributed by atoms with E-state index in [1.165, 1.54) is 24.0 Å². The van der Waals surface area contributed by atoms with Crippen LogP contribution < -0.4 is 5.73 Å². The van der Waals surface area contributed by atoms with Gasteiger partial charge in [-0.3, -0.25) is 4.57 Å². The first-order valence-electron chi connectivity index (χ1n) is 8.11. The van der Waals surface area contributed by atoms with E-state index in [1.54, 1.807) is 23.1 Å². The van der Waals surface area contributed by atoms with Gasteiger partial charge in [-0.15, -0.1) is 21.5 Å². The summed E-state index contributed by atoms with van der Waals surface area (Å²) >= 11 is 3.34. The maximum Gasteiger partial charge on any atom is 0.222 e. The first-order chi connectivity index (χ1) is 11.7. The fourth-order valence-corrected chi connectivity index (χ4v) is 4.43. The molecule has 0 unspecified atom stereocenters. The summed E-state index contributed by atoms with van der Waals surface area (Å²) in [4.78, 5) is 4.76. The highest BCUT2D eigenvalue weighted by Crippen LogP contribution is 2.40. The van der Waals surface area contributed by atoms with Crippen LogP contribution in [0.2, 0.25) is 0 Å². The topological polar surface area (TPSA) is 69.6 Å². The van der Waals surface area contributed by atoms with Crippen LogP contribution in [0.4, 0.5) is 5.95 Å². The highest BCUT2D eigenvalue weighted by atomic mass is 32.2. The molecule has 4 rings (SSSR count). The van der Waals surface area contributed by atoms with Crippen LogP contribution in [-0.4, -0.2) is 19.7 Å². The second-order valence-corrected chi connectivity index (χ2v) is 7.73. The van der Waals surface area contributed by atoms with Crippen LogP contribution in [0.15, 0.2) is 34.8 Å². The molecule has 1 aliphatic carbocycles. The summed E-state index contributed by atoms with van der Waals surface area (Å²) < 4.78 is 2.06. The van der Waals surface area contributed by atoms with Crippen molar-refractivity contribution in [1.82, 2.24) is 19.7 Å². The Hall–Kier alpha value is -1.86. The van der Waals surface area contributed by atoms with E-state index >= 15 is 0 Å². The van der Waals surface area contributed by atoms with E-state index in [-0.39, 0.29) is 0 Å². The Balaban J connectivity index is 1.45. The quantitative estimate of drug-likeness (QED) is 0.670. The minimum atomic E-state index is 0.491. The van der Waals surface area contributed by atoms with Gasteiger partial charge in [0.15, 0.2) is 5.16 Å². The molecule has 1 aromatic carbocycles. The molecular weight excluding hydrogens is 338 g/mol. The Morgan fingerprint density at radius 2 is 2.04 bits per heavy atom. The van der Waals surface area contributed by atoms with Crippen molar-refractivity contribution >= 4 is 29.0 Å². The van der Waals surface area contributed by atoms with E-state index in [4.69, 9.17) is 10.7 Å². The molecule has 0 radical (unpaired) electrons. The van der Waals surface area contributed by atoms with Crippen LogP contribution >= 0.6 is 23.1 Å². The van der Waals surface area contributed by atoms with E-state index in [0.717, 1.165) is 28.0 Å². The van der Waals surface area contributed by atoms with Gasteiger partial charge in [0, 0.05) is 22.7 Å². The monoisotopic (exact) mass is 357 g/mol. The fourth-order valence-electron chi connectivity index (χ4n) is 2.59. The van der Waals surface area contributed by atoms with Crippen molar-refractivity contribution in [3.05, 3.63) is 40.9 Å². The van der Waals surface area contributed by atoms with Gasteiger partial charge in [0.1, 0.15) is 5.01 Å². The van der Waals surface area contributed by atoms with Crippen molar-refractivity contribution in [1.29, 1.82) is 0 Å². The normalized spacial score (nSPS) is 14.2. The highest BCUT2D eigenvalue weighted by molar-refractivity contribution is 7.98. The molecule has 124 valence electrons. The van der Waals surface area contributed by atoms with E-state index in [9.17, 15) is 0 Å². The van der Waals surface area contributed by atoms with Crippen molar-refractivity contribution in [2.45, 2.75) is 43.1 Å². The lowest BCUT2D eigenvalue weighted by molar-refractivity contribution is 0.671. The van der Waals surface area contributed by atoms with Crippen LogP contribution in [0, 0.1) is 0 Å². The number of hydrogen-bond acceptors (Lipinski definition) is 6. The Kier molecular flexibility index (Phi) is 4.28. The lowest BCUT2D eigenvalue weighted by Gasteiger charge is -2.04. The van der Waals surface area contributed by atoms with Gasteiger partial charge in [-0.05, 0) is 24.8 Å². The van der Waals surface area contributed by atoms with Crippen LogP contribution in [0.5, 0.6) is 0 Å². The maximum absolute atomic E-state index is 5.92. The molecule has 1 saturated carbocycles. The van der Waals surface area contributed by atoms with Crippen molar-refractivity contribution in [2.75, 3.05) is 5.73 Å². The zero-order valence-electron chi connectivity index (χ0n) is 13.5. The molecular formula is C17H19N5S2. The summed E-state index contributed by atoms with van der Waals surface area (Å²) in [6.07, 6.45) is 3.40. The third-order valence-corrected chi connectivity index (χ3v) is 6.03. The number of nitrogens with two attached hydrogens (primary N) is 1. The minimum absolute atomic E-state index is 0.491. The molecule has 5 nitrogen and oxygen atoms in total. The number of aryl methyl sites for hydroxylation is 1. The average Bonchev–Trinajstić information content (AvgIpc) is 3.21. The maximum atomic E-state index is 5.92. The summed E-state index contributed by atoms with van der Waals surface area (Å²) in [6.45, 7) is 2.17. The van der Waals surface area contributed by atoms with E-state index < -0.39 is 0 Å². The molecule has 3 aromatic rings. The van der Waals surface area contributed by atoms with Gasteiger partial charge < -0.3 is 5.73 Å². The lowest BCUT2D eigenvalue weighted by Crippen LogP contribution is -2.02. The number of nitrogens with zero attached hydrogens (tertiary/aromatic N) is 4. The second kappa shape index (κ2) is 6.57. The van der Waals surface area contributed by atoms with Crippen LogP contribution in [0.25, 0.3) is 10.6 Å². The molecule has 0 bridgehead atoms. The van der Waals surface area contributed by atoms with Gasteiger partial charge >= 0.3 is 0 Å². The molecule has 2 aromatic heterocycles. The van der Waals surface area contributed by atoms with E-state index in [1.807, 2.05) is 0 Å². The van der Waals surface area contributed by atoms with Crippen LogP contribution in [-0.2, 0) is 12.2 Å². The highest BCUT2D eigenvalue weighted by Gasteiger charge is 2.28. The molecule has 24 heavy (non-hydrogen) atoms. The van der Waals surface area contributed by atoms with E-state index in [2.05, 4.69) is 51.3 Å². The minimum Gasteiger partial charge on any atom is -0.368 e. The number of nitrogen functional groups attached to an aromatic ring is 1. The second-order valence-electron chi connectivity index (χ2n) is 5.93. The van der Waals surface area contributed by atoms with Crippen molar-refractivity contribution in [3.63, 3.8) is 0 Å². The van der Waals surface area contributed by atoms with Crippen LogP contribution in [0.1, 0.15) is 37.1 Å². The predicted molar refractivity (Wildman–Crippen MR) is 99.2 cm³/mol. The van der Waals surface area contributed by atoms with Crippen molar-refractivity contribution < 1.29 is 0 Å². The first-order valence-corrected chi connectivity index (χ1v) is 9.98. The molecule has 2 heterocycles. The van der Waals surface area contributed by atoms with Gasteiger partial charge in [0.05, 0.1) is 5.69 Å². The number of thioether (sulfide) groups is 1. The Morgan fingerprint density at radius 3 is 2.75 bits per heavy atom. The smallest absolute Gasteiger partial charge is 0.222 e. The average molecular weight is 358 g/mol. The van der Waals surface area contributed by atoms with E-state index in [0.29, 0.717) is 12.0 Å². The molecule has 0 spiro atoms. The van der Waals surface area contributed by atoms with Crippen molar-refractivity contribution in [2.24, 2.45) is 0 Å². The fraction of sp³-hybridized carbons (Fsp3) is 0.353. The molecule has 1 fully saturated rings. The number of hydrogen-bond donors (Lipinski definition) is 1. The molecule has 2 N–H and O–H groups in total. The molecule has 7 heteroatoms. The first kappa shape index (κ1) is 15.7. The summed E-state index contributed by atoms with van der Waals surface area (Å²) in [7, 11) is 0. The Labute approximate surface area is 149 Å². The van der Waals surface area contributed by atoms with Crippen LogP contribution in [0.3, 0.4) is 0 Å². The van der Waals surface area contributed by atoms with Gasteiger partial charge in [-0.2, -0.15) is 0 Å². The summed E-state index contributed by atoms with van der Waals surface area (Å²) in [6, 6.07) is 9.14. The molecule has 0 atom stereocenters. The van der Waals surface area contributed by atoms with Gasteiger partial charge in [0.2, 0.25) is 5.95 Å². The number of anilines is 1. The van der Waals surface area contributed by atoms with Crippen molar-refractivity contribution in [3.8, 4) is 10.6 Å². The summed E-state index contributed by atoms with van der Waals surface area (Å²) in [5.74, 6) is 1.31. The zero-order chi connectivity index (χ0) is 16.5. The number of aromatic nitrogens is 4. The number of rotatable bonds is 6. The van der Waals surface area contributed by atoms with Gasteiger partial charge in [-0.1, -0.05) is 43.0 Å². The van der Waals surface area contributed by atoms with Gasteiger partial charge in [-0.25, -0.2) is 4.98 Å². The lowest BCUT2D eigenvalue weighted by atomic mass is 10.1. The zero-order valence-corrected chi connectivity index (χ0v) is 15.1. The predicted octanol–water partition coefficient (Wildman–Crippen LogP) is 4.17. The standard InChI is InChI=1S/C17H19N5S2/c1-2-11-3-5-12(6-4-11)15-19-13(9-23-15)10-24-17-21-20-16(18)22(17)14-7-8-14/h3-6,9,14H,2,7-8,10H2,1H3,(H2,18,20). The molecule has 0 amide bonds. The Morgan fingerprint density at radius 1 is 1.25 bits per heavy atom. The number of thiazole rings is 1. The van der Waals surface area contributed by atoms with Gasteiger partial charge in [0.25, 0.3) is 0 Å². The third-order valence-electron chi connectivity index (χ3n) is 4.11. The Bertz CT molecular complexity index is 833. The summed E-state index contributed by atoms with van der Waals surface area (Å²) in [5.41, 5.74) is 9.52. The number of benzene rings is 1. The molecule has 1 aliphatic rings. The SMILES string of the molecule is CCc1ccc(-c2nc(CSc3nnc(N)n3C3CC3)cs2)cc1.